The van der Waals surface area contributed by atoms with E-state index < -0.39 is 17.8 Å². The van der Waals surface area contributed by atoms with Crippen molar-refractivity contribution in [2.24, 2.45) is 0 Å². The fraction of sp³-hybridized carbons (Fsp3) is 0.259. The number of methoxy groups -OCH3 is 1. The van der Waals surface area contributed by atoms with Crippen LogP contribution in [-0.4, -0.2) is 35.1 Å². The molecule has 1 unspecified atom stereocenters. The molecule has 182 valence electrons. The monoisotopic (exact) mass is 474 g/mol. The number of carbonyl (C=O) groups is 2. The molecule has 8 heteroatoms. The Labute approximate surface area is 205 Å². The summed E-state index contributed by atoms with van der Waals surface area (Å²) in [6, 6.07) is 18.5. The van der Waals surface area contributed by atoms with Crippen molar-refractivity contribution in [1.29, 1.82) is 0 Å². The van der Waals surface area contributed by atoms with Gasteiger partial charge in [-0.3, -0.25) is 5.32 Å². The Morgan fingerprint density at radius 3 is 2.31 bits per heavy atom. The predicted molar refractivity (Wildman–Crippen MR) is 136 cm³/mol. The molecule has 0 aliphatic heterocycles. The van der Waals surface area contributed by atoms with E-state index in [1.54, 1.807) is 18.2 Å². The molecule has 2 aromatic carbocycles. The molecule has 0 saturated heterocycles. The van der Waals surface area contributed by atoms with Crippen LogP contribution in [0.25, 0.3) is 17.2 Å². The van der Waals surface area contributed by atoms with Crippen LogP contribution in [0.4, 0.5) is 15.3 Å². The summed E-state index contributed by atoms with van der Waals surface area (Å²) >= 11 is 0. The first-order chi connectivity index (χ1) is 16.7. The molecule has 0 fully saturated rings. The van der Waals surface area contributed by atoms with Gasteiger partial charge in [0.15, 0.2) is 0 Å². The fourth-order valence-corrected chi connectivity index (χ4v) is 3.42. The minimum Gasteiger partial charge on any atom is -0.453 e. The normalized spacial score (nSPS) is 11.8. The second-order valence-corrected chi connectivity index (χ2v) is 8.85. The molecule has 0 spiro atoms. The van der Waals surface area contributed by atoms with E-state index in [-0.39, 0.29) is 6.04 Å². The van der Waals surface area contributed by atoms with E-state index in [1.165, 1.54) is 7.11 Å². The van der Waals surface area contributed by atoms with Crippen molar-refractivity contribution in [1.82, 2.24) is 15.5 Å². The highest BCUT2D eigenvalue weighted by atomic mass is 16.6. The number of aromatic nitrogens is 2. The van der Waals surface area contributed by atoms with Crippen molar-refractivity contribution < 1.29 is 19.1 Å². The zero-order valence-corrected chi connectivity index (χ0v) is 20.4. The molecule has 1 aromatic heterocycles. The van der Waals surface area contributed by atoms with Gasteiger partial charge in [0.25, 0.3) is 0 Å². The number of rotatable bonds is 7. The van der Waals surface area contributed by atoms with Gasteiger partial charge in [0.1, 0.15) is 5.60 Å². The number of ether oxygens (including phenoxy) is 2. The van der Waals surface area contributed by atoms with E-state index in [9.17, 15) is 9.59 Å². The molecule has 0 saturated carbocycles. The molecule has 0 aliphatic rings. The van der Waals surface area contributed by atoms with Crippen LogP contribution in [0.5, 0.6) is 0 Å². The number of amides is 2. The Hall–Kier alpha value is -4.20. The number of benzene rings is 2. The Kier molecular flexibility index (Phi) is 8.20. The van der Waals surface area contributed by atoms with Gasteiger partial charge in [-0.15, -0.1) is 0 Å². The maximum atomic E-state index is 12.5. The minimum atomic E-state index is -0.612. The first-order valence-electron chi connectivity index (χ1n) is 11.2. The van der Waals surface area contributed by atoms with E-state index in [0.29, 0.717) is 23.5 Å². The molecular weight excluding hydrogens is 444 g/mol. The summed E-state index contributed by atoms with van der Waals surface area (Å²) in [5.74, 6) is 0. The van der Waals surface area contributed by atoms with Gasteiger partial charge in [0.2, 0.25) is 0 Å². The lowest BCUT2D eigenvalue weighted by molar-refractivity contribution is 0.0503. The standard InChI is InChI=1S/C27H30N4O4/c1-6-23-22(18-12-14-20(15-13-18)28-25(32)34-5)16-21(30-31-23)17-24(19-10-8-7-9-11-19)29-26(33)35-27(2,3)4/h6-16,24H,1,17H2,2-5H3,(H,28,32)(H,29,33). The molecular formula is C27H30N4O4. The molecule has 1 atom stereocenters. The lowest BCUT2D eigenvalue weighted by atomic mass is 9.98. The second-order valence-electron chi connectivity index (χ2n) is 8.85. The molecule has 2 amide bonds. The van der Waals surface area contributed by atoms with Gasteiger partial charge >= 0.3 is 12.2 Å². The second kappa shape index (κ2) is 11.3. The third-order valence-electron chi connectivity index (χ3n) is 5.00. The van der Waals surface area contributed by atoms with Gasteiger partial charge in [-0.25, -0.2) is 9.59 Å². The average Bonchev–Trinajstić information content (AvgIpc) is 2.83. The Bertz CT molecular complexity index is 1170. The molecule has 8 nitrogen and oxygen atoms in total. The summed E-state index contributed by atoms with van der Waals surface area (Å²) in [5, 5.41) is 14.3. The number of hydrogen-bond donors (Lipinski definition) is 2. The van der Waals surface area contributed by atoms with Crippen LogP contribution in [-0.2, 0) is 15.9 Å². The first kappa shape index (κ1) is 25.4. The summed E-state index contributed by atoms with van der Waals surface area (Å²) < 4.78 is 10.1. The summed E-state index contributed by atoms with van der Waals surface area (Å²) in [6.45, 7) is 9.31. The summed E-state index contributed by atoms with van der Waals surface area (Å²) in [6.07, 6.45) is 1.00. The van der Waals surface area contributed by atoms with Crippen molar-refractivity contribution in [3.63, 3.8) is 0 Å². The number of hydrogen-bond acceptors (Lipinski definition) is 6. The topological polar surface area (TPSA) is 102 Å². The Morgan fingerprint density at radius 2 is 1.71 bits per heavy atom. The van der Waals surface area contributed by atoms with E-state index in [0.717, 1.165) is 16.7 Å². The quantitative estimate of drug-likeness (QED) is 0.450. The molecule has 3 aromatic rings. The minimum absolute atomic E-state index is 0.366. The Balaban J connectivity index is 1.89. The van der Waals surface area contributed by atoms with Crippen molar-refractivity contribution in [3.8, 4) is 11.1 Å². The summed E-state index contributed by atoms with van der Waals surface area (Å²) in [5.41, 5.74) is 3.94. The van der Waals surface area contributed by atoms with Crippen LogP contribution in [0.3, 0.4) is 0 Å². The third kappa shape index (κ3) is 7.40. The van der Waals surface area contributed by atoms with Gasteiger partial charge in [0.05, 0.1) is 24.5 Å². The van der Waals surface area contributed by atoms with Crippen LogP contribution < -0.4 is 10.6 Å². The largest absolute Gasteiger partial charge is 0.453 e. The van der Waals surface area contributed by atoms with Crippen LogP contribution in [0.2, 0.25) is 0 Å². The van der Waals surface area contributed by atoms with Crippen molar-refractivity contribution in [2.75, 3.05) is 12.4 Å². The van der Waals surface area contributed by atoms with E-state index in [4.69, 9.17) is 4.74 Å². The highest BCUT2D eigenvalue weighted by molar-refractivity contribution is 5.85. The van der Waals surface area contributed by atoms with E-state index in [2.05, 4.69) is 32.1 Å². The Morgan fingerprint density at radius 1 is 1.03 bits per heavy atom. The molecule has 0 bridgehead atoms. The SMILES string of the molecule is C=Cc1nnc(CC(NC(=O)OC(C)(C)C)c2ccccc2)cc1-c1ccc(NC(=O)OC)cc1. The van der Waals surface area contributed by atoms with Gasteiger partial charge in [-0.1, -0.05) is 49.0 Å². The predicted octanol–water partition coefficient (Wildman–Crippen LogP) is 5.77. The molecule has 0 radical (unpaired) electrons. The average molecular weight is 475 g/mol. The van der Waals surface area contributed by atoms with Crippen LogP contribution in [0.15, 0.2) is 67.2 Å². The highest BCUT2D eigenvalue weighted by Gasteiger charge is 2.22. The van der Waals surface area contributed by atoms with Crippen LogP contribution in [0.1, 0.15) is 43.8 Å². The number of alkyl carbamates (subject to hydrolysis) is 1. The lowest BCUT2D eigenvalue weighted by Crippen LogP contribution is -2.35. The molecule has 35 heavy (non-hydrogen) atoms. The highest BCUT2D eigenvalue weighted by Crippen LogP contribution is 2.27. The summed E-state index contributed by atoms with van der Waals surface area (Å²) in [4.78, 5) is 24.0. The van der Waals surface area contributed by atoms with Crippen molar-refractivity contribution >= 4 is 23.9 Å². The fourth-order valence-electron chi connectivity index (χ4n) is 3.42. The lowest BCUT2D eigenvalue weighted by Gasteiger charge is -2.24. The zero-order valence-electron chi connectivity index (χ0n) is 20.4. The van der Waals surface area contributed by atoms with Crippen molar-refractivity contribution in [2.45, 2.75) is 38.8 Å². The molecule has 3 rings (SSSR count). The zero-order chi connectivity index (χ0) is 25.4. The maximum absolute atomic E-state index is 12.5. The number of anilines is 1. The number of carbonyl (C=O) groups excluding carboxylic acids is 2. The van der Waals surface area contributed by atoms with E-state index in [1.807, 2.05) is 69.3 Å². The van der Waals surface area contributed by atoms with Gasteiger partial charge < -0.3 is 14.8 Å². The van der Waals surface area contributed by atoms with Crippen LogP contribution >= 0.6 is 0 Å². The maximum Gasteiger partial charge on any atom is 0.411 e. The summed E-state index contributed by atoms with van der Waals surface area (Å²) in [7, 11) is 1.31. The van der Waals surface area contributed by atoms with Gasteiger partial charge in [-0.2, -0.15) is 10.2 Å². The molecule has 1 heterocycles. The van der Waals surface area contributed by atoms with Crippen LogP contribution in [0, 0.1) is 0 Å². The van der Waals surface area contributed by atoms with Gasteiger partial charge in [-0.05, 0) is 56.2 Å². The number of nitrogens with one attached hydrogen (secondary N) is 2. The number of nitrogens with zero attached hydrogens (tertiary/aromatic N) is 2. The first-order valence-corrected chi connectivity index (χ1v) is 11.2. The molecule has 0 aliphatic carbocycles. The third-order valence-corrected chi connectivity index (χ3v) is 5.00. The smallest absolute Gasteiger partial charge is 0.411 e. The van der Waals surface area contributed by atoms with Gasteiger partial charge in [0, 0.05) is 17.7 Å². The molecule has 2 N–H and O–H groups in total. The van der Waals surface area contributed by atoms with Crippen molar-refractivity contribution in [3.05, 3.63) is 84.2 Å². The van der Waals surface area contributed by atoms with E-state index >= 15 is 0 Å².